The lowest BCUT2D eigenvalue weighted by atomic mass is 10.2. The van der Waals surface area contributed by atoms with Crippen molar-refractivity contribution in [3.05, 3.63) is 46.6 Å². The van der Waals surface area contributed by atoms with Gasteiger partial charge in [0.1, 0.15) is 0 Å². The van der Waals surface area contributed by atoms with Crippen molar-refractivity contribution in [1.29, 1.82) is 0 Å². The topological polar surface area (TPSA) is 51.6 Å². The lowest BCUT2D eigenvalue weighted by Gasteiger charge is -2.00. The highest BCUT2D eigenvalue weighted by molar-refractivity contribution is 5.12. The van der Waals surface area contributed by atoms with Crippen molar-refractivity contribution >= 4 is 0 Å². The molecule has 0 spiro atoms. The predicted octanol–water partition coefficient (Wildman–Crippen LogP) is 3.31. The molecule has 0 amide bonds. The van der Waals surface area contributed by atoms with Gasteiger partial charge < -0.3 is 0 Å². The molecule has 108 valence electrons. The van der Waals surface area contributed by atoms with Gasteiger partial charge in [-0.2, -0.15) is 0 Å². The van der Waals surface area contributed by atoms with Crippen molar-refractivity contribution in [3.63, 3.8) is 0 Å². The molecule has 2 heterocycles. The first kappa shape index (κ1) is 16.2. The largest absolute Gasteiger partial charge is 0.258 e. The third kappa shape index (κ3) is 4.68. The summed E-state index contributed by atoms with van der Waals surface area (Å²) < 4.78 is 0. The average Bonchev–Trinajstić information content (AvgIpc) is 2.44. The highest BCUT2D eigenvalue weighted by atomic mass is 14.8. The number of nitrogens with zero attached hydrogens (tertiary/aromatic N) is 4. The van der Waals surface area contributed by atoms with Gasteiger partial charge in [0.25, 0.3) is 0 Å². The molecule has 2 rings (SSSR count). The van der Waals surface area contributed by atoms with E-state index in [0.29, 0.717) is 0 Å². The highest BCUT2D eigenvalue weighted by Crippen LogP contribution is 2.02. The number of rotatable bonds is 2. The summed E-state index contributed by atoms with van der Waals surface area (Å²) >= 11 is 0. The van der Waals surface area contributed by atoms with Crippen LogP contribution in [0.15, 0.2) is 12.4 Å². The normalized spacial score (nSPS) is 9.90. The van der Waals surface area contributed by atoms with Crippen LogP contribution in [0.1, 0.15) is 48.0 Å². The molecule has 0 aliphatic heterocycles. The van der Waals surface area contributed by atoms with E-state index in [9.17, 15) is 0 Å². The summed E-state index contributed by atoms with van der Waals surface area (Å²) in [7, 11) is 0. The van der Waals surface area contributed by atoms with Crippen LogP contribution in [0.3, 0.4) is 0 Å². The summed E-state index contributed by atoms with van der Waals surface area (Å²) in [5, 5.41) is 0. The average molecular weight is 272 g/mol. The Balaban J connectivity index is 0.000000200. The second-order valence-corrected chi connectivity index (χ2v) is 4.79. The number of aryl methyl sites for hydroxylation is 6. The lowest BCUT2D eigenvalue weighted by Crippen LogP contribution is -1.96. The van der Waals surface area contributed by atoms with E-state index in [-0.39, 0.29) is 0 Å². The van der Waals surface area contributed by atoms with E-state index in [0.717, 1.165) is 47.0 Å². The van der Waals surface area contributed by atoms with E-state index in [1.165, 1.54) is 0 Å². The Labute approximate surface area is 121 Å². The zero-order chi connectivity index (χ0) is 15.1. The quantitative estimate of drug-likeness (QED) is 0.841. The fourth-order valence-corrected chi connectivity index (χ4v) is 1.84. The Morgan fingerprint density at radius 2 is 1.05 bits per heavy atom. The monoisotopic (exact) mass is 272 g/mol. The molecule has 0 atom stereocenters. The van der Waals surface area contributed by atoms with Gasteiger partial charge in [-0.05, 0) is 40.5 Å². The van der Waals surface area contributed by atoms with Gasteiger partial charge in [0.05, 0.1) is 34.2 Å². The van der Waals surface area contributed by atoms with Crippen molar-refractivity contribution in [3.8, 4) is 0 Å². The van der Waals surface area contributed by atoms with Crippen LogP contribution < -0.4 is 0 Å². The van der Waals surface area contributed by atoms with Gasteiger partial charge in [-0.3, -0.25) is 19.9 Å². The summed E-state index contributed by atoms with van der Waals surface area (Å²) in [6.45, 7) is 12.1. The zero-order valence-corrected chi connectivity index (χ0v) is 13.4. The molecular formula is C16H24N4. The summed E-state index contributed by atoms with van der Waals surface area (Å²) in [5.74, 6) is 0. The van der Waals surface area contributed by atoms with Crippen LogP contribution in [-0.2, 0) is 12.8 Å². The summed E-state index contributed by atoms with van der Waals surface area (Å²) in [5.41, 5.74) is 6.33. The van der Waals surface area contributed by atoms with E-state index in [1.54, 1.807) is 12.4 Å². The van der Waals surface area contributed by atoms with E-state index >= 15 is 0 Å². The molecule has 0 aliphatic carbocycles. The minimum absolute atomic E-state index is 0.973. The number of aromatic nitrogens is 4. The van der Waals surface area contributed by atoms with Gasteiger partial charge in [-0.1, -0.05) is 13.8 Å². The first-order valence-electron chi connectivity index (χ1n) is 7.06. The zero-order valence-electron chi connectivity index (χ0n) is 13.4. The smallest absolute Gasteiger partial charge is 0.0616 e. The maximum absolute atomic E-state index is 4.33. The molecule has 20 heavy (non-hydrogen) atoms. The fourth-order valence-electron chi connectivity index (χ4n) is 1.84. The second kappa shape index (κ2) is 7.68. The molecule has 4 nitrogen and oxygen atoms in total. The molecular weight excluding hydrogens is 248 g/mol. The van der Waals surface area contributed by atoms with Crippen LogP contribution in [0, 0.1) is 27.7 Å². The van der Waals surface area contributed by atoms with Crippen LogP contribution in [-0.4, -0.2) is 19.9 Å². The maximum Gasteiger partial charge on any atom is 0.0616 e. The molecule has 0 aliphatic rings. The third-order valence-corrected chi connectivity index (χ3v) is 3.02. The number of hydrogen-bond acceptors (Lipinski definition) is 4. The summed E-state index contributed by atoms with van der Waals surface area (Å²) in [4.78, 5) is 17.0. The summed E-state index contributed by atoms with van der Waals surface area (Å²) in [6, 6.07) is 0. The van der Waals surface area contributed by atoms with E-state index in [4.69, 9.17) is 0 Å². The van der Waals surface area contributed by atoms with Gasteiger partial charge in [0, 0.05) is 12.4 Å². The van der Waals surface area contributed by atoms with Crippen LogP contribution in [0.25, 0.3) is 0 Å². The van der Waals surface area contributed by atoms with Crippen molar-refractivity contribution in [2.45, 2.75) is 54.4 Å². The lowest BCUT2D eigenvalue weighted by molar-refractivity contribution is 0.930. The first-order valence-corrected chi connectivity index (χ1v) is 7.06. The maximum atomic E-state index is 4.33. The van der Waals surface area contributed by atoms with E-state index in [1.807, 2.05) is 27.7 Å². The molecule has 0 fully saturated rings. The SMILES string of the molecule is CCc1nc(C)cnc1C.CCc1nc(C)cnc1C. The first-order chi connectivity index (χ1) is 9.47. The highest BCUT2D eigenvalue weighted by Gasteiger charge is 1.97. The van der Waals surface area contributed by atoms with Gasteiger partial charge in [0.15, 0.2) is 0 Å². The predicted molar refractivity (Wildman–Crippen MR) is 81.8 cm³/mol. The Hall–Kier alpha value is -1.84. The van der Waals surface area contributed by atoms with Crippen molar-refractivity contribution in [2.24, 2.45) is 0 Å². The third-order valence-electron chi connectivity index (χ3n) is 3.02. The molecule has 0 unspecified atom stereocenters. The van der Waals surface area contributed by atoms with Crippen LogP contribution in [0.2, 0.25) is 0 Å². The molecule has 0 aromatic carbocycles. The van der Waals surface area contributed by atoms with Crippen LogP contribution in [0.5, 0.6) is 0 Å². The van der Waals surface area contributed by atoms with Crippen LogP contribution >= 0.6 is 0 Å². The molecule has 0 bridgehead atoms. The van der Waals surface area contributed by atoms with E-state index in [2.05, 4.69) is 33.8 Å². The standard InChI is InChI=1S/2C8H12N2/c2*1-4-8-7(3)9-5-6(2)10-8/h2*5H,4H2,1-3H3. The molecule has 2 aromatic heterocycles. The van der Waals surface area contributed by atoms with Gasteiger partial charge in [-0.15, -0.1) is 0 Å². The molecule has 0 saturated carbocycles. The van der Waals surface area contributed by atoms with Crippen molar-refractivity contribution in [1.82, 2.24) is 19.9 Å². The molecule has 0 radical (unpaired) electrons. The Morgan fingerprint density at radius 1 is 0.700 bits per heavy atom. The van der Waals surface area contributed by atoms with Gasteiger partial charge >= 0.3 is 0 Å². The van der Waals surface area contributed by atoms with E-state index < -0.39 is 0 Å². The second-order valence-electron chi connectivity index (χ2n) is 4.79. The van der Waals surface area contributed by atoms with Gasteiger partial charge in [0.2, 0.25) is 0 Å². The van der Waals surface area contributed by atoms with Crippen molar-refractivity contribution in [2.75, 3.05) is 0 Å². The number of hydrogen-bond donors (Lipinski definition) is 0. The van der Waals surface area contributed by atoms with Crippen molar-refractivity contribution < 1.29 is 0 Å². The molecule has 2 aromatic rings. The minimum atomic E-state index is 0.973. The molecule has 4 heteroatoms. The molecule has 0 saturated heterocycles. The Morgan fingerprint density at radius 3 is 1.30 bits per heavy atom. The Kier molecular flexibility index (Phi) is 6.22. The van der Waals surface area contributed by atoms with Crippen LogP contribution in [0.4, 0.5) is 0 Å². The summed E-state index contributed by atoms with van der Waals surface area (Å²) in [6.07, 6.45) is 5.55. The molecule has 0 N–H and O–H groups in total. The fraction of sp³-hybridized carbons (Fsp3) is 0.500. The Bertz CT molecular complexity index is 513. The minimum Gasteiger partial charge on any atom is -0.258 e. The van der Waals surface area contributed by atoms with Gasteiger partial charge in [-0.25, -0.2) is 0 Å².